The predicted molar refractivity (Wildman–Crippen MR) is 71.6 cm³/mol. The first-order valence-electron chi connectivity index (χ1n) is 6.77. The number of hydrogen-bond donors (Lipinski definition) is 1. The molecule has 0 spiro atoms. The molecule has 0 saturated carbocycles. The number of carbonyl (C=O) groups excluding carboxylic acids is 1. The number of benzene rings is 1. The fraction of sp³-hybridized carbons (Fsp3) is 0.533. The van der Waals surface area contributed by atoms with Crippen molar-refractivity contribution in [3.8, 4) is 0 Å². The second-order valence-electron chi connectivity index (χ2n) is 4.95. The molecule has 1 unspecified atom stereocenters. The average Bonchev–Trinajstić information content (AvgIpc) is 2.51. The van der Waals surface area contributed by atoms with E-state index in [2.05, 4.69) is 0 Å². The van der Waals surface area contributed by atoms with E-state index in [1.807, 2.05) is 31.2 Å². The van der Waals surface area contributed by atoms with Crippen molar-refractivity contribution in [3.05, 3.63) is 35.4 Å². The number of nitrogens with zero attached hydrogens (tertiary/aromatic N) is 1. The number of carbonyl (C=O) groups is 1. The number of aliphatic hydroxyl groups is 1. The molecule has 1 aromatic rings. The molecule has 0 fully saturated rings. The van der Waals surface area contributed by atoms with Crippen LogP contribution >= 0.6 is 0 Å². The zero-order valence-electron chi connectivity index (χ0n) is 10.9. The van der Waals surface area contributed by atoms with Gasteiger partial charge in [-0.15, -0.1) is 0 Å². The van der Waals surface area contributed by atoms with E-state index in [9.17, 15) is 9.90 Å². The summed E-state index contributed by atoms with van der Waals surface area (Å²) < 4.78 is 0. The van der Waals surface area contributed by atoms with Crippen molar-refractivity contribution in [2.75, 3.05) is 13.1 Å². The second-order valence-corrected chi connectivity index (χ2v) is 4.95. The number of amides is 1. The van der Waals surface area contributed by atoms with Gasteiger partial charge in [-0.05, 0) is 30.9 Å². The lowest BCUT2D eigenvalue weighted by Crippen LogP contribution is -2.37. The third kappa shape index (κ3) is 2.91. The van der Waals surface area contributed by atoms with Crippen LogP contribution in [0.25, 0.3) is 0 Å². The first kappa shape index (κ1) is 13.1. The zero-order valence-corrected chi connectivity index (χ0v) is 10.9. The van der Waals surface area contributed by atoms with Crippen molar-refractivity contribution in [2.24, 2.45) is 0 Å². The number of rotatable bonds is 4. The van der Waals surface area contributed by atoms with Crippen LogP contribution in [0.15, 0.2) is 24.3 Å². The lowest BCUT2D eigenvalue weighted by Gasteiger charge is -2.23. The van der Waals surface area contributed by atoms with Crippen LogP contribution in [0.5, 0.6) is 0 Å². The zero-order chi connectivity index (χ0) is 13.0. The smallest absolute Gasteiger partial charge is 0.254 e. The molecular formula is C15H21NO2. The van der Waals surface area contributed by atoms with Gasteiger partial charge in [-0.2, -0.15) is 0 Å². The molecule has 1 amide bonds. The number of fused-ring (bicyclic) bond motifs is 1. The standard InChI is InChI=1S/C15H21NO2/c1-2-6-13(17)11-16-10-5-8-12-7-3-4-9-14(12)15(16)18/h3-4,7,9,13,17H,2,5-6,8,10-11H2,1H3. The van der Waals surface area contributed by atoms with E-state index in [-0.39, 0.29) is 5.91 Å². The Morgan fingerprint density at radius 3 is 2.94 bits per heavy atom. The Bertz CT molecular complexity index is 417. The molecule has 3 heteroatoms. The van der Waals surface area contributed by atoms with Crippen LogP contribution in [0, 0.1) is 0 Å². The maximum atomic E-state index is 12.4. The molecule has 0 aliphatic carbocycles. The number of β-amino-alcohol motifs (C(OH)–C–C–N with tert-alkyl or cyclic N) is 1. The quantitative estimate of drug-likeness (QED) is 0.886. The maximum absolute atomic E-state index is 12.4. The van der Waals surface area contributed by atoms with Gasteiger partial charge in [0.25, 0.3) is 5.91 Å². The largest absolute Gasteiger partial charge is 0.391 e. The summed E-state index contributed by atoms with van der Waals surface area (Å²) in [6, 6.07) is 7.80. The molecule has 1 aliphatic rings. The fourth-order valence-electron chi connectivity index (χ4n) is 2.53. The highest BCUT2D eigenvalue weighted by atomic mass is 16.3. The van der Waals surface area contributed by atoms with Crippen molar-refractivity contribution in [1.29, 1.82) is 0 Å². The highest BCUT2D eigenvalue weighted by Crippen LogP contribution is 2.19. The van der Waals surface area contributed by atoms with Crippen LogP contribution in [-0.2, 0) is 6.42 Å². The van der Waals surface area contributed by atoms with Gasteiger partial charge < -0.3 is 10.0 Å². The Morgan fingerprint density at radius 2 is 2.17 bits per heavy atom. The molecule has 3 nitrogen and oxygen atoms in total. The third-order valence-corrected chi connectivity index (χ3v) is 3.46. The highest BCUT2D eigenvalue weighted by Gasteiger charge is 2.23. The molecule has 1 N–H and O–H groups in total. The second kappa shape index (κ2) is 6.01. The first-order chi connectivity index (χ1) is 8.72. The molecular weight excluding hydrogens is 226 g/mol. The van der Waals surface area contributed by atoms with E-state index in [0.29, 0.717) is 6.54 Å². The summed E-state index contributed by atoms with van der Waals surface area (Å²) in [7, 11) is 0. The summed E-state index contributed by atoms with van der Waals surface area (Å²) in [6.07, 6.45) is 3.22. The Kier molecular flexibility index (Phi) is 4.37. The van der Waals surface area contributed by atoms with Crippen LogP contribution in [0.2, 0.25) is 0 Å². The van der Waals surface area contributed by atoms with E-state index in [1.165, 1.54) is 0 Å². The minimum atomic E-state index is -0.399. The summed E-state index contributed by atoms with van der Waals surface area (Å²) in [4.78, 5) is 14.2. The summed E-state index contributed by atoms with van der Waals surface area (Å²) in [5, 5.41) is 9.87. The van der Waals surface area contributed by atoms with Crippen LogP contribution in [0.4, 0.5) is 0 Å². The van der Waals surface area contributed by atoms with Gasteiger partial charge in [0.05, 0.1) is 6.10 Å². The van der Waals surface area contributed by atoms with Gasteiger partial charge in [-0.1, -0.05) is 31.5 Å². The van der Waals surface area contributed by atoms with Crippen LogP contribution < -0.4 is 0 Å². The Hall–Kier alpha value is -1.35. The minimum Gasteiger partial charge on any atom is -0.391 e. The molecule has 1 heterocycles. The van der Waals surface area contributed by atoms with E-state index >= 15 is 0 Å². The minimum absolute atomic E-state index is 0.0678. The van der Waals surface area contributed by atoms with Gasteiger partial charge in [0.15, 0.2) is 0 Å². The molecule has 0 aromatic heterocycles. The lowest BCUT2D eigenvalue weighted by molar-refractivity contribution is 0.0613. The van der Waals surface area contributed by atoms with Gasteiger partial charge in [-0.25, -0.2) is 0 Å². The lowest BCUT2D eigenvalue weighted by atomic mass is 10.0. The average molecular weight is 247 g/mol. The van der Waals surface area contributed by atoms with E-state index in [1.54, 1.807) is 4.90 Å². The number of aliphatic hydroxyl groups excluding tert-OH is 1. The van der Waals surface area contributed by atoms with Crippen molar-refractivity contribution < 1.29 is 9.90 Å². The topological polar surface area (TPSA) is 40.5 Å². The van der Waals surface area contributed by atoms with Crippen molar-refractivity contribution in [1.82, 2.24) is 4.90 Å². The Labute approximate surface area is 108 Å². The monoisotopic (exact) mass is 247 g/mol. The molecule has 1 atom stereocenters. The van der Waals surface area contributed by atoms with E-state index in [4.69, 9.17) is 0 Å². The van der Waals surface area contributed by atoms with Gasteiger partial charge >= 0.3 is 0 Å². The SMILES string of the molecule is CCCC(O)CN1CCCc2ccccc2C1=O. The van der Waals surface area contributed by atoms with Crippen molar-refractivity contribution in [2.45, 2.75) is 38.7 Å². The normalized spacial score (nSPS) is 17.2. The van der Waals surface area contributed by atoms with Crippen LogP contribution in [0.1, 0.15) is 42.1 Å². The molecule has 98 valence electrons. The molecule has 0 radical (unpaired) electrons. The summed E-state index contributed by atoms with van der Waals surface area (Å²) in [5.41, 5.74) is 1.94. The summed E-state index contributed by atoms with van der Waals surface area (Å²) in [6.45, 7) is 3.25. The molecule has 2 rings (SSSR count). The van der Waals surface area contributed by atoms with Crippen LogP contribution in [-0.4, -0.2) is 35.1 Å². The molecule has 0 saturated heterocycles. The molecule has 1 aliphatic heterocycles. The van der Waals surface area contributed by atoms with Crippen molar-refractivity contribution >= 4 is 5.91 Å². The predicted octanol–water partition coefficient (Wildman–Crippen LogP) is 2.24. The van der Waals surface area contributed by atoms with E-state index < -0.39 is 6.10 Å². The number of aryl methyl sites for hydroxylation is 1. The summed E-state index contributed by atoms with van der Waals surface area (Å²) in [5.74, 6) is 0.0678. The van der Waals surface area contributed by atoms with Crippen LogP contribution in [0.3, 0.4) is 0 Å². The fourth-order valence-corrected chi connectivity index (χ4v) is 2.53. The van der Waals surface area contributed by atoms with Gasteiger partial charge in [0, 0.05) is 18.7 Å². The van der Waals surface area contributed by atoms with E-state index in [0.717, 1.165) is 43.4 Å². The first-order valence-corrected chi connectivity index (χ1v) is 6.77. The van der Waals surface area contributed by atoms with Gasteiger partial charge in [0.2, 0.25) is 0 Å². The summed E-state index contributed by atoms with van der Waals surface area (Å²) >= 11 is 0. The Morgan fingerprint density at radius 1 is 1.39 bits per heavy atom. The highest BCUT2D eigenvalue weighted by molar-refractivity contribution is 5.96. The number of hydrogen-bond acceptors (Lipinski definition) is 2. The van der Waals surface area contributed by atoms with Gasteiger partial charge in [-0.3, -0.25) is 4.79 Å². The molecule has 18 heavy (non-hydrogen) atoms. The third-order valence-electron chi connectivity index (χ3n) is 3.46. The molecule has 0 bridgehead atoms. The maximum Gasteiger partial charge on any atom is 0.254 e. The van der Waals surface area contributed by atoms with Gasteiger partial charge in [0.1, 0.15) is 0 Å². The molecule has 1 aromatic carbocycles. The Balaban J connectivity index is 2.12. The van der Waals surface area contributed by atoms with Crippen molar-refractivity contribution in [3.63, 3.8) is 0 Å².